The molecule has 4 aliphatic rings. The first kappa shape index (κ1) is 42.1. The lowest BCUT2D eigenvalue weighted by molar-refractivity contribution is -0.120. The Hall–Kier alpha value is -6.20. The predicted octanol–water partition coefficient (Wildman–Crippen LogP) is 6.33. The van der Waals surface area contributed by atoms with Crippen LogP contribution in [0.2, 0.25) is 0 Å². The van der Waals surface area contributed by atoms with Gasteiger partial charge in [-0.1, -0.05) is 31.2 Å². The number of piperidine rings is 2. The van der Waals surface area contributed by atoms with Gasteiger partial charge in [0.25, 0.3) is 11.8 Å². The molecule has 17 heteroatoms. The number of urea groups is 1. The Morgan fingerprint density at radius 1 is 1.00 bits per heavy atom. The number of halogens is 2. The Balaban J connectivity index is 0.790. The molecule has 0 spiro atoms. The van der Waals surface area contributed by atoms with E-state index in [4.69, 9.17) is 10.5 Å². The van der Waals surface area contributed by atoms with Gasteiger partial charge in [0.05, 0.1) is 35.9 Å². The number of fused-ring (bicyclic) bond motifs is 1. The zero-order valence-electron chi connectivity index (χ0n) is 35.4. The summed E-state index contributed by atoms with van der Waals surface area (Å²) in [7, 11) is 0. The van der Waals surface area contributed by atoms with Gasteiger partial charge in [0.2, 0.25) is 5.91 Å². The van der Waals surface area contributed by atoms with Crippen LogP contribution in [0.5, 0.6) is 5.75 Å². The van der Waals surface area contributed by atoms with E-state index < -0.39 is 18.0 Å². The molecule has 3 atom stereocenters. The van der Waals surface area contributed by atoms with Crippen LogP contribution in [-0.4, -0.2) is 117 Å². The molecule has 0 unspecified atom stereocenters. The Labute approximate surface area is 363 Å². The van der Waals surface area contributed by atoms with Gasteiger partial charge in [0, 0.05) is 74.9 Å². The number of aromatic hydroxyl groups is 1. The van der Waals surface area contributed by atoms with Gasteiger partial charge >= 0.3 is 6.03 Å². The van der Waals surface area contributed by atoms with Crippen LogP contribution < -0.4 is 20.9 Å². The number of anilines is 3. The molecule has 2 aromatic carbocycles. The van der Waals surface area contributed by atoms with Crippen LogP contribution in [0.15, 0.2) is 73.1 Å². The summed E-state index contributed by atoms with van der Waals surface area (Å²) < 4.78 is 40.1. The summed E-state index contributed by atoms with van der Waals surface area (Å²) in [4.78, 5) is 49.6. The first-order valence-electron chi connectivity index (χ1n) is 21.7. The van der Waals surface area contributed by atoms with Crippen molar-refractivity contribution in [2.75, 3.05) is 67.9 Å². The van der Waals surface area contributed by atoms with Crippen LogP contribution in [0.25, 0.3) is 22.3 Å². The van der Waals surface area contributed by atoms with Crippen molar-refractivity contribution >= 4 is 46.1 Å². The number of nitrogens with two attached hydrogens (primary N) is 1. The number of nitrogen functional groups attached to an aromatic ring is 1. The van der Waals surface area contributed by atoms with E-state index in [-0.39, 0.29) is 67.4 Å². The molecule has 4 fully saturated rings. The number of hydrogen-bond donors (Lipinski definition) is 3. The number of nitrogens with one attached hydrogen (secondary N) is 1. The molecule has 4 aliphatic heterocycles. The van der Waals surface area contributed by atoms with Gasteiger partial charge in [-0.25, -0.2) is 18.6 Å². The summed E-state index contributed by atoms with van der Waals surface area (Å²) in [6.07, 6.45) is 5.54. The molecule has 0 saturated carbocycles. The highest BCUT2D eigenvalue weighted by Crippen LogP contribution is 2.41. The van der Waals surface area contributed by atoms with Crippen LogP contribution in [0, 0.1) is 12.8 Å². The van der Waals surface area contributed by atoms with E-state index in [1.165, 1.54) is 11.1 Å². The van der Waals surface area contributed by atoms with E-state index >= 15 is 8.78 Å². The minimum Gasteiger partial charge on any atom is -0.507 e. The number of alkyl halides is 2. The van der Waals surface area contributed by atoms with Crippen molar-refractivity contribution < 1.29 is 33.0 Å². The van der Waals surface area contributed by atoms with Crippen molar-refractivity contribution in [2.45, 2.75) is 70.1 Å². The number of hydrogen-bond acceptors (Lipinski definition) is 11. The van der Waals surface area contributed by atoms with E-state index in [9.17, 15) is 19.5 Å². The average molecular weight is 863 g/mol. The van der Waals surface area contributed by atoms with Crippen molar-refractivity contribution in [3.05, 3.63) is 89.7 Å². The summed E-state index contributed by atoms with van der Waals surface area (Å²) in [6, 6.07) is 16.6. The van der Waals surface area contributed by atoms with Gasteiger partial charge in [0.15, 0.2) is 5.82 Å². The molecule has 330 valence electrons. The fourth-order valence-electron chi connectivity index (χ4n) is 9.59. The van der Waals surface area contributed by atoms with Gasteiger partial charge < -0.3 is 29.9 Å². The van der Waals surface area contributed by atoms with Crippen LogP contribution in [0.1, 0.15) is 72.7 Å². The number of amides is 4. The highest BCUT2D eigenvalue weighted by molar-refractivity contribution is 6.06. The SMILES string of the molecule is CC[C@H]1CN(c2cc(-c3ccccc3O)nnc2N)C[C@@H](c2ccc(C(=O)N3CCC(CN4CC[C@H](n5cc(C)c6cc(N7CCC(=O)NC7=O)cnc65)C(F)(F)C4)CC3)cc2)O1. The fraction of sp³-hybridized carbons (Fsp3) is 0.435. The maximum absolute atomic E-state index is 16.0. The third-order valence-electron chi connectivity index (χ3n) is 13.1. The summed E-state index contributed by atoms with van der Waals surface area (Å²) in [5.41, 5.74) is 11.4. The maximum Gasteiger partial charge on any atom is 0.328 e. The van der Waals surface area contributed by atoms with Crippen LogP contribution in [0.4, 0.5) is 30.8 Å². The minimum atomic E-state index is -3.01. The third kappa shape index (κ3) is 8.51. The number of nitrogens with zero attached hydrogens (tertiary/aromatic N) is 8. The highest BCUT2D eigenvalue weighted by Gasteiger charge is 2.47. The van der Waals surface area contributed by atoms with Crippen molar-refractivity contribution in [3.8, 4) is 17.0 Å². The van der Waals surface area contributed by atoms with E-state index in [0.717, 1.165) is 30.4 Å². The van der Waals surface area contributed by atoms with E-state index in [0.29, 0.717) is 78.5 Å². The number of morpholine rings is 1. The van der Waals surface area contributed by atoms with Crippen molar-refractivity contribution in [1.82, 2.24) is 34.9 Å². The van der Waals surface area contributed by atoms with Crippen molar-refractivity contribution in [3.63, 3.8) is 0 Å². The zero-order chi connectivity index (χ0) is 44.0. The summed E-state index contributed by atoms with van der Waals surface area (Å²) >= 11 is 0. The molecule has 4 amide bonds. The number of pyridine rings is 1. The highest BCUT2D eigenvalue weighted by atomic mass is 19.3. The molecular weight excluding hydrogens is 811 g/mol. The van der Waals surface area contributed by atoms with Gasteiger partial charge in [0.1, 0.15) is 23.5 Å². The molecular formula is C46H52F2N10O5. The lowest BCUT2D eigenvalue weighted by Crippen LogP contribution is -2.51. The van der Waals surface area contributed by atoms with Gasteiger partial charge in [-0.3, -0.25) is 24.7 Å². The number of benzene rings is 2. The fourth-order valence-corrected chi connectivity index (χ4v) is 9.59. The third-order valence-corrected chi connectivity index (χ3v) is 13.1. The quantitative estimate of drug-likeness (QED) is 0.151. The van der Waals surface area contributed by atoms with Gasteiger partial charge in [-0.05, 0) is 86.1 Å². The first-order chi connectivity index (χ1) is 30.3. The number of para-hydroxylation sites is 1. The second kappa shape index (κ2) is 17.2. The van der Waals surface area contributed by atoms with Gasteiger partial charge in [-0.15, -0.1) is 10.2 Å². The molecule has 4 saturated heterocycles. The molecule has 0 aliphatic carbocycles. The zero-order valence-corrected chi connectivity index (χ0v) is 35.4. The molecule has 63 heavy (non-hydrogen) atoms. The monoisotopic (exact) mass is 862 g/mol. The Morgan fingerprint density at radius 3 is 2.51 bits per heavy atom. The molecule has 0 radical (unpaired) electrons. The summed E-state index contributed by atoms with van der Waals surface area (Å²) in [5.74, 6) is -2.81. The van der Waals surface area contributed by atoms with Crippen LogP contribution >= 0.6 is 0 Å². The Bertz CT molecular complexity index is 2530. The molecule has 3 aromatic heterocycles. The Morgan fingerprint density at radius 2 is 1.78 bits per heavy atom. The molecule has 7 heterocycles. The normalized spacial score (nSPS) is 22.4. The number of imide groups is 1. The summed E-state index contributed by atoms with van der Waals surface area (Å²) in [6.45, 7) is 7.06. The lowest BCUT2D eigenvalue weighted by atomic mass is 9.93. The predicted molar refractivity (Wildman–Crippen MR) is 234 cm³/mol. The minimum absolute atomic E-state index is 0.0541. The van der Waals surface area contributed by atoms with Crippen molar-refractivity contribution in [1.29, 1.82) is 0 Å². The molecule has 0 bridgehead atoms. The van der Waals surface area contributed by atoms with Crippen LogP contribution in [-0.2, 0) is 9.53 Å². The molecule has 15 nitrogen and oxygen atoms in total. The number of aromatic nitrogens is 4. The molecule has 9 rings (SSSR count). The summed E-state index contributed by atoms with van der Waals surface area (Å²) in [5, 5.41) is 21.9. The van der Waals surface area contributed by atoms with Crippen molar-refractivity contribution in [2.24, 2.45) is 5.92 Å². The van der Waals surface area contributed by atoms with Crippen LogP contribution in [0.3, 0.4) is 0 Å². The number of ether oxygens (including phenoxy) is 1. The van der Waals surface area contributed by atoms with E-state index in [2.05, 4.69) is 32.3 Å². The number of rotatable bonds is 9. The number of likely N-dealkylation sites (tertiary alicyclic amines) is 2. The number of phenols is 1. The van der Waals surface area contributed by atoms with Gasteiger partial charge in [-0.2, -0.15) is 0 Å². The number of carbonyl (C=O) groups excluding carboxylic acids is 3. The van der Waals surface area contributed by atoms with E-state index in [1.54, 1.807) is 35.0 Å². The lowest BCUT2D eigenvalue weighted by Gasteiger charge is -2.41. The average Bonchev–Trinajstić information content (AvgIpc) is 3.60. The standard InChI is InChI=1S/C46H52F2N10O5/c1-3-33-25-56(37-21-36(52-53-42(37)49)34-6-4-5-7-38(34)59)26-39(63-33)30-8-10-31(11-9-30)44(61)55-17-12-29(13-18-55)24-54-16-14-40(46(47,48)27-54)58-23-28(2)35-20-32(22-50-43(35)58)57-19-15-41(60)51-45(57)62/h4-11,20-23,29,33,39-40,59H,3,12-19,24-27H2,1-2H3,(H2,49,53)(H,51,60,62)/t33-,39-,40-/m0/s1. The topological polar surface area (TPSA) is 175 Å². The second-order valence-corrected chi connectivity index (χ2v) is 17.3. The maximum atomic E-state index is 16.0. The number of aryl methyl sites for hydroxylation is 1. The molecule has 4 N–H and O–H groups in total. The molecule has 5 aromatic rings. The first-order valence-corrected chi connectivity index (χ1v) is 21.7. The van der Waals surface area contributed by atoms with E-state index in [1.807, 2.05) is 53.1 Å². The number of phenolic OH excluding ortho intramolecular Hbond substituents is 1. The second-order valence-electron chi connectivity index (χ2n) is 17.3. The smallest absolute Gasteiger partial charge is 0.328 e. The number of carbonyl (C=O) groups is 3. The largest absolute Gasteiger partial charge is 0.507 e. The Kier molecular flexibility index (Phi) is 11.5.